The Kier molecular flexibility index (Phi) is 5.67. The Labute approximate surface area is 139 Å². The van der Waals surface area contributed by atoms with Gasteiger partial charge in [-0.15, -0.1) is 10.2 Å². The second-order valence-corrected chi connectivity index (χ2v) is 6.78. The maximum Gasteiger partial charge on any atom is 0.287 e. The standard InChI is InChI=1S/C13H15BrN4O3S/c1-7(2)5-11-17-18-13(22-11)16-10(19)6-15-12(20)8-3-4-9(14)21-8/h3-4,7H,5-6H2,1-2H3,(H,15,20)(H,16,18,19). The maximum absolute atomic E-state index is 11.8. The van der Waals surface area contributed by atoms with Crippen LogP contribution in [0, 0.1) is 5.92 Å². The first kappa shape index (κ1) is 16.6. The topological polar surface area (TPSA) is 97.1 Å². The van der Waals surface area contributed by atoms with Gasteiger partial charge in [-0.3, -0.25) is 14.9 Å². The highest BCUT2D eigenvalue weighted by molar-refractivity contribution is 9.10. The molecule has 0 aliphatic heterocycles. The van der Waals surface area contributed by atoms with Crippen molar-refractivity contribution in [3.63, 3.8) is 0 Å². The van der Waals surface area contributed by atoms with Crippen LogP contribution in [0.5, 0.6) is 0 Å². The summed E-state index contributed by atoms with van der Waals surface area (Å²) < 4.78 is 5.54. The Bertz CT molecular complexity index is 668. The van der Waals surface area contributed by atoms with E-state index in [1.54, 1.807) is 6.07 Å². The molecule has 0 fully saturated rings. The third-order valence-electron chi connectivity index (χ3n) is 2.50. The van der Waals surface area contributed by atoms with Crippen LogP contribution in [-0.2, 0) is 11.2 Å². The number of halogens is 1. The Balaban J connectivity index is 1.80. The van der Waals surface area contributed by atoms with Crippen LogP contribution in [0.1, 0.15) is 29.4 Å². The van der Waals surface area contributed by atoms with Crippen molar-refractivity contribution in [2.24, 2.45) is 5.92 Å². The van der Waals surface area contributed by atoms with Gasteiger partial charge in [-0.1, -0.05) is 25.2 Å². The monoisotopic (exact) mass is 386 g/mol. The van der Waals surface area contributed by atoms with E-state index in [0.717, 1.165) is 11.4 Å². The molecule has 0 aromatic carbocycles. The van der Waals surface area contributed by atoms with Crippen molar-refractivity contribution < 1.29 is 14.0 Å². The highest BCUT2D eigenvalue weighted by Gasteiger charge is 2.13. The molecule has 2 rings (SSSR count). The van der Waals surface area contributed by atoms with Gasteiger partial charge >= 0.3 is 0 Å². The molecule has 2 aromatic rings. The highest BCUT2D eigenvalue weighted by atomic mass is 79.9. The first-order valence-electron chi connectivity index (χ1n) is 6.60. The fourth-order valence-electron chi connectivity index (χ4n) is 1.58. The Morgan fingerprint density at radius 3 is 2.77 bits per heavy atom. The molecule has 9 heteroatoms. The normalized spacial score (nSPS) is 10.7. The van der Waals surface area contributed by atoms with E-state index in [1.807, 2.05) is 0 Å². The first-order chi connectivity index (χ1) is 10.4. The summed E-state index contributed by atoms with van der Waals surface area (Å²) in [6.45, 7) is 4.00. The molecular weight excluding hydrogens is 372 g/mol. The molecule has 0 bridgehead atoms. The summed E-state index contributed by atoms with van der Waals surface area (Å²) in [5.74, 6) is -0.219. The number of aromatic nitrogens is 2. The molecule has 0 radical (unpaired) electrons. The fourth-order valence-corrected chi connectivity index (χ4v) is 2.86. The highest BCUT2D eigenvalue weighted by Crippen LogP contribution is 2.18. The van der Waals surface area contributed by atoms with E-state index in [4.69, 9.17) is 4.42 Å². The van der Waals surface area contributed by atoms with Gasteiger partial charge in [0.15, 0.2) is 10.4 Å². The Morgan fingerprint density at radius 1 is 1.36 bits per heavy atom. The molecule has 2 amide bonds. The fraction of sp³-hybridized carbons (Fsp3) is 0.385. The average Bonchev–Trinajstić information content (AvgIpc) is 3.05. The molecule has 22 heavy (non-hydrogen) atoms. The molecule has 0 aliphatic rings. The van der Waals surface area contributed by atoms with E-state index in [0.29, 0.717) is 15.7 Å². The van der Waals surface area contributed by atoms with Crippen molar-refractivity contribution in [2.75, 3.05) is 11.9 Å². The molecule has 0 saturated heterocycles. The maximum atomic E-state index is 11.8. The van der Waals surface area contributed by atoms with Gasteiger partial charge in [-0.2, -0.15) is 0 Å². The number of hydrogen-bond donors (Lipinski definition) is 2. The van der Waals surface area contributed by atoms with Crippen molar-refractivity contribution in [3.8, 4) is 0 Å². The van der Waals surface area contributed by atoms with Crippen molar-refractivity contribution in [1.82, 2.24) is 15.5 Å². The zero-order chi connectivity index (χ0) is 16.1. The number of furan rings is 1. The lowest BCUT2D eigenvalue weighted by Crippen LogP contribution is -2.32. The number of rotatable bonds is 6. The first-order valence-corrected chi connectivity index (χ1v) is 8.20. The average molecular weight is 387 g/mol. The lowest BCUT2D eigenvalue weighted by Gasteiger charge is -2.02. The van der Waals surface area contributed by atoms with E-state index >= 15 is 0 Å². The molecular formula is C13H15BrN4O3S. The van der Waals surface area contributed by atoms with Gasteiger partial charge in [0.05, 0.1) is 6.54 Å². The molecule has 7 nitrogen and oxygen atoms in total. The van der Waals surface area contributed by atoms with Crippen LogP contribution in [0.15, 0.2) is 21.2 Å². The number of hydrogen-bond acceptors (Lipinski definition) is 6. The van der Waals surface area contributed by atoms with Crippen LogP contribution in [0.25, 0.3) is 0 Å². The van der Waals surface area contributed by atoms with Crippen molar-refractivity contribution in [1.29, 1.82) is 0 Å². The van der Waals surface area contributed by atoms with Crippen LogP contribution >= 0.6 is 27.3 Å². The number of carbonyl (C=O) groups excluding carboxylic acids is 2. The molecule has 0 unspecified atom stereocenters. The molecule has 0 atom stereocenters. The summed E-state index contributed by atoms with van der Waals surface area (Å²) in [5.41, 5.74) is 0. The number of carbonyl (C=O) groups is 2. The van der Waals surface area contributed by atoms with Gasteiger partial charge in [0, 0.05) is 6.42 Å². The van der Waals surface area contributed by atoms with Crippen LogP contribution in [0.4, 0.5) is 5.13 Å². The van der Waals surface area contributed by atoms with Crippen LogP contribution in [0.2, 0.25) is 0 Å². The minimum Gasteiger partial charge on any atom is -0.444 e. The van der Waals surface area contributed by atoms with Crippen LogP contribution < -0.4 is 10.6 Å². The zero-order valence-electron chi connectivity index (χ0n) is 12.1. The molecule has 0 spiro atoms. The third kappa shape index (κ3) is 4.92. The second-order valence-electron chi connectivity index (χ2n) is 4.93. The van der Waals surface area contributed by atoms with E-state index in [2.05, 4.69) is 50.6 Å². The minimum atomic E-state index is -0.460. The zero-order valence-corrected chi connectivity index (χ0v) is 14.5. The predicted molar refractivity (Wildman–Crippen MR) is 85.8 cm³/mol. The number of amides is 2. The molecule has 2 heterocycles. The van der Waals surface area contributed by atoms with Gasteiger partial charge in [0.2, 0.25) is 11.0 Å². The molecule has 0 saturated carbocycles. The molecule has 118 valence electrons. The van der Waals surface area contributed by atoms with Gasteiger partial charge in [0.25, 0.3) is 5.91 Å². The number of anilines is 1. The SMILES string of the molecule is CC(C)Cc1nnc(NC(=O)CNC(=O)c2ccc(Br)o2)s1. The van der Waals surface area contributed by atoms with Crippen molar-refractivity contribution >= 4 is 44.2 Å². The second kappa shape index (κ2) is 7.50. The summed E-state index contributed by atoms with van der Waals surface area (Å²) in [7, 11) is 0. The lowest BCUT2D eigenvalue weighted by molar-refractivity contribution is -0.115. The Hall–Kier alpha value is -1.74. The van der Waals surface area contributed by atoms with Crippen LogP contribution in [0.3, 0.4) is 0 Å². The lowest BCUT2D eigenvalue weighted by atomic mass is 10.1. The van der Waals surface area contributed by atoms with E-state index in [-0.39, 0.29) is 18.2 Å². The summed E-state index contributed by atoms with van der Waals surface area (Å²) in [4.78, 5) is 23.5. The summed E-state index contributed by atoms with van der Waals surface area (Å²) in [5, 5.41) is 14.3. The quantitative estimate of drug-likeness (QED) is 0.794. The predicted octanol–water partition coefficient (Wildman–Crippen LogP) is 2.46. The largest absolute Gasteiger partial charge is 0.444 e. The van der Waals surface area contributed by atoms with Gasteiger partial charge in [0.1, 0.15) is 5.01 Å². The van der Waals surface area contributed by atoms with Gasteiger partial charge in [-0.25, -0.2) is 0 Å². The summed E-state index contributed by atoms with van der Waals surface area (Å²) >= 11 is 4.44. The van der Waals surface area contributed by atoms with Crippen LogP contribution in [-0.4, -0.2) is 28.6 Å². The Morgan fingerprint density at radius 2 is 2.14 bits per heavy atom. The molecule has 2 aromatic heterocycles. The van der Waals surface area contributed by atoms with Crippen molar-refractivity contribution in [2.45, 2.75) is 20.3 Å². The van der Waals surface area contributed by atoms with E-state index in [1.165, 1.54) is 17.4 Å². The summed E-state index contributed by atoms with van der Waals surface area (Å²) in [6.07, 6.45) is 0.817. The molecule has 0 aliphatic carbocycles. The summed E-state index contributed by atoms with van der Waals surface area (Å²) in [6, 6.07) is 3.12. The number of nitrogens with zero attached hydrogens (tertiary/aromatic N) is 2. The number of nitrogens with one attached hydrogen (secondary N) is 2. The van der Waals surface area contributed by atoms with Crippen molar-refractivity contribution in [3.05, 3.63) is 27.6 Å². The molecule has 2 N–H and O–H groups in total. The van der Waals surface area contributed by atoms with E-state index < -0.39 is 5.91 Å². The van der Waals surface area contributed by atoms with Gasteiger partial charge in [-0.05, 0) is 34.0 Å². The third-order valence-corrected chi connectivity index (χ3v) is 3.79. The smallest absolute Gasteiger partial charge is 0.287 e. The van der Waals surface area contributed by atoms with E-state index in [9.17, 15) is 9.59 Å². The van der Waals surface area contributed by atoms with Gasteiger partial charge < -0.3 is 9.73 Å². The minimum absolute atomic E-state index is 0.134.